The monoisotopic (exact) mass is 510 g/mol. The van der Waals surface area contributed by atoms with Crippen molar-refractivity contribution in [2.75, 3.05) is 19.5 Å². The van der Waals surface area contributed by atoms with Gasteiger partial charge in [0.2, 0.25) is 0 Å². The van der Waals surface area contributed by atoms with Gasteiger partial charge >= 0.3 is 0 Å². The standard InChI is InChI=1S/C23H28N4O4.C6H14/c1-13-10-17(20(31-7)12-19(13)30-6)27-14(2)21(25-26-27)22(29)24-16-11-15(23(3,4)5)8-9-18(16)28;1-3-5-6-4-2/h8-12,28H,1-7H3,(H,24,29);3-6H2,1-2H3. The van der Waals surface area contributed by atoms with E-state index in [1.165, 1.54) is 25.7 Å². The molecule has 2 N–H and O–H groups in total. The zero-order valence-electron chi connectivity index (χ0n) is 23.7. The topological polar surface area (TPSA) is 98.5 Å². The molecule has 37 heavy (non-hydrogen) atoms. The molecule has 0 aliphatic rings. The zero-order chi connectivity index (χ0) is 27.8. The average Bonchev–Trinajstić information content (AvgIpc) is 3.24. The highest BCUT2D eigenvalue weighted by Crippen LogP contribution is 2.33. The highest BCUT2D eigenvalue weighted by molar-refractivity contribution is 6.04. The van der Waals surface area contributed by atoms with Crippen LogP contribution in [-0.2, 0) is 5.41 Å². The summed E-state index contributed by atoms with van der Waals surface area (Å²) in [6, 6.07) is 8.81. The lowest BCUT2D eigenvalue weighted by molar-refractivity contribution is 0.102. The summed E-state index contributed by atoms with van der Waals surface area (Å²) in [5.41, 5.74) is 3.40. The first kappa shape index (κ1) is 29.7. The van der Waals surface area contributed by atoms with Crippen LogP contribution in [0.4, 0.5) is 5.69 Å². The number of carbonyl (C=O) groups excluding carboxylic acids is 1. The number of anilines is 1. The van der Waals surface area contributed by atoms with Gasteiger partial charge in [-0.05, 0) is 48.6 Å². The molecule has 0 saturated carbocycles. The van der Waals surface area contributed by atoms with Crippen LogP contribution in [0.2, 0.25) is 0 Å². The number of unbranched alkanes of at least 4 members (excludes halogenated alkanes) is 3. The second-order valence-corrected chi connectivity index (χ2v) is 10.1. The predicted octanol–water partition coefficient (Wildman–Crippen LogP) is 6.74. The molecule has 0 bridgehead atoms. The number of phenols is 1. The molecule has 0 aliphatic carbocycles. The number of rotatable bonds is 8. The van der Waals surface area contributed by atoms with Gasteiger partial charge in [-0.2, -0.15) is 0 Å². The first-order valence-electron chi connectivity index (χ1n) is 12.8. The molecule has 0 saturated heterocycles. The Hall–Kier alpha value is -3.55. The van der Waals surface area contributed by atoms with Crippen LogP contribution in [0.25, 0.3) is 5.69 Å². The maximum Gasteiger partial charge on any atom is 0.278 e. The number of aromatic nitrogens is 3. The molecule has 202 valence electrons. The Bertz CT molecular complexity index is 1190. The number of nitrogens with one attached hydrogen (secondary N) is 1. The fourth-order valence-electron chi connectivity index (χ4n) is 3.76. The molecular weight excluding hydrogens is 468 g/mol. The van der Waals surface area contributed by atoms with E-state index in [-0.39, 0.29) is 16.9 Å². The van der Waals surface area contributed by atoms with Crippen LogP contribution < -0.4 is 14.8 Å². The lowest BCUT2D eigenvalue weighted by atomic mass is 9.87. The SMILES string of the molecule is CCCCCC.COc1cc(OC)c(-n2nnc(C(=O)Nc3cc(C(C)(C)C)ccc3O)c2C)cc1C. The minimum atomic E-state index is -0.464. The molecule has 3 rings (SSSR count). The van der Waals surface area contributed by atoms with Crippen molar-refractivity contribution in [1.82, 2.24) is 15.0 Å². The molecule has 1 amide bonds. The normalized spacial score (nSPS) is 10.9. The number of phenolic OH excluding ortho intramolecular Hbond substituents is 1. The Balaban J connectivity index is 0.000000717. The molecule has 0 unspecified atom stereocenters. The fourth-order valence-corrected chi connectivity index (χ4v) is 3.76. The second kappa shape index (κ2) is 13.1. The Morgan fingerprint density at radius 3 is 2.16 bits per heavy atom. The molecular formula is C29H42N4O4. The zero-order valence-corrected chi connectivity index (χ0v) is 23.7. The van der Waals surface area contributed by atoms with Gasteiger partial charge in [-0.25, -0.2) is 4.68 Å². The van der Waals surface area contributed by atoms with Crippen LogP contribution in [-0.4, -0.2) is 40.2 Å². The van der Waals surface area contributed by atoms with Crippen molar-refractivity contribution >= 4 is 11.6 Å². The molecule has 8 heteroatoms. The van der Waals surface area contributed by atoms with Gasteiger partial charge in [-0.3, -0.25) is 4.79 Å². The van der Waals surface area contributed by atoms with Crippen molar-refractivity contribution < 1.29 is 19.4 Å². The summed E-state index contributed by atoms with van der Waals surface area (Å²) in [6.45, 7) is 14.3. The molecule has 2 aromatic carbocycles. The molecule has 0 aliphatic heterocycles. The van der Waals surface area contributed by atoms with E-state index >= 15 is 0 Å². The maximum atomic E-state index is 12.9. The van der Waals surface area contributed by atoms with Crippen molar-refractivity contribution in [3.05, 3.63) is 52.8 Å². The van der Waals surface area contributed by atoms with E-state index in [9.17, 15) is 9.90 Å². The van der Waals surface area contributed by atoms with E-state index in [1.807, 2.05) is 19.1 Å². The number of aromatic hydroxyl groups is 1. The van der Waals surface area contributed by atoms with E-state index in [0.717, 1.165) is 11.1 Å². The quantitative estimate of drug-likeness (QED) is 0.257. The van der Waals surface area contributed by atoms with E-state index in [0.29, 0.717) is 28.6 Å². The first-order valence-corrected chi connectivity index (χ1v) is 12.8. The van der Waals surface area contributed by atoms with Crippen molar-refractivity contribution in [3.63, 3.8) is 0 Å². The molecule has 0 spiro atoms. The smallest absolute Gasteiger partial charge is 0.278 e. The van der Waals surface area contributed by atoms with E-state index in [2.05, 4.69) is 50.2 Å². The number of aryl methyl sites for hydroxylation is 1. The van der Waals surface area contributed by atoms with Gasteiger partial charge in [-0.1, -0.05) is 71.6 Å². The van der Waals surface area contributed by atoms with Crippen molar-refractivity contribution in [2.24, 2.45) is 0 Å². The largest absolute Gasteiger partial charge is 0.506 e. The minimum Gasteiger partial charge on any atom is -0.506 e. The van der Waals surface area contributed by atoms with Gasteiger partial charge in [0, 0.05) is 6.07 Å². The van der Waals surface area contributed by atoms with Crippen LogP contribution in [0.5, 0.6) is 17.2 Å². The Morgan fingerprint density at radius 1 is 1.00 bits per heavy atom. The van der Waals surface area contributed by atoms with E-state index < -0.39 is 5.91 Å². The summed E-state index contributed by atoms with van der Waals surface area (Å²) in [5.74, 6) is 0.747. The minimum absolute atomic E-state index is 0.0150. The Kier molecular flexibility index (Phi) is 10.5. The number of nitrogens with zero attached hydrogens (tertiary/aromatic N) is 3. The third-order valence-electron chi connectivity index (χ3n) is 6.10. The molecule has 0 radical (unpaired) electrons. The predicted molar refractivity (Wildman–Crippen MR) is 149 cm³/mol. The highest BCUT2D eigenvalue weighted by Gasteiger charge is 2.22. The summed E-state index contributed by atoms with van der Waals surface area (Å²) in [5, 5.41) is 21.2. The molecule has 0 atom stereocenters. The number of carbonyl (C=O) groups is 1. The average molecular weight is 511 g/mol. The summed E-state index contributed by atoms with van der Waals surface area (Å²) < 4.78 is 12.4. The van der Waals surface area contributed by atoms with Gasteiger partial charge in [0.25, 0.3) is 5.91 Å². The van der Waals surface area contributed by atoms with Crippen LogP contribution in [0.15, 0.2) is 30.3 Å². The summed E-state index contributed by atoms with van der Waals surface area (Å²) in [4.78, 5) is 12.9. The number of methoxy groups -OCH3 is 2. The van der Waals surface area contributed by atoms with Gasteiger partial charge in [0.1, 0.15) is 22.9 Å². The van der Waals surface area contributed by atoms with E-state index in [4.69, 9.17) is 9.47 Å². The Morgan fingerprint density at radius 2 is 1.62 bits per heavy atom. The van der Waals surface area contributed by atoms with Crippen LogP contribution in [0.1, 0.15) is 87.6 Å². The number of amides is 1. The second-order valence-electron chi connectivity index (χ2n) is 10.1. The van der Waals surface area contributed by atoms with Gasteiger partial charge < -0.3 is 19.9 Å². The molecule has 0 fully saturated rings. The maximum absolute atomic E-state index is 12.9. The molecule has 3 aromatic rings. The molecule has 1 aromatic heterocycles. The number of hydrogen-bond acceptors (Lipinski definition) is 6. The van der Waals surface area contributed by atoms with Crippen LogP contribution in [0, 0.1) is 13.8 Å². The fraction of sp³-hybridized carbons (Fsp3) is 0.483. The third-order valence-corrected chi connectivity index (χ3v) is 6.10. The van der Waals surface area contributed by atoms with Crippen molar-refractivity contribution in [1.29, 1.82) is 0 Å². The number of hydrogen-bond donors (Lipinski definition) is 2. The summed E-state index contributed by atoms with van der Waals surface area (Å²) in [6.07, 6.45) is 5.54. The highest BCUT2D eigenvalue weighted by atomic mass is 16.5. The first-order chi connectivity index (χ1) is 17.5. The van der Waals surface area contributed by atoms with Crippen LogP contribution in [0.3, 0.4) is 0 Å². The lowest BCUT2D eigenvalue weighted by Crippen LogP contribution is -2.16. The third kappa shape index (κ3) is 7.47. The molecule has 1 heterocycles. The van der Waals surface area contributed by atoms with Crippen molar-refractivity contribution in [2.45, 2.75) is 79.6 Å². The van der Waals surface area contributed by atoms with E-state index in [1.54, 1.807) is 44.0 Å². The Labute approximate surface area is 221 Å². The van der Waals surface area contributed by atoms with Crippen molar-refractivity contribution in [3.8, 4) is 22.9 Å². The number of ether oxygens (including phenoxy) is 2. The number of benzene rings is 2. The van der Waals surface area contributed by atoms with Gasteiger partial charge in [0.15, 0.2) is 5.69 Å². The summed E-state index contributed by atoms with van der Waals surface area (Å²) >= 11 is 0. The van der Waals surface area contributed by atoms with Gasteiger partial charge in [0.05, 0.1) is 25.6 Å². The summed E-state index contributed by atoms with van der Waals surface area (Å²) in [7, 11) is 3.15. The lowest BCUT2D eigenvalue weighted by Gasteiger charge is -2.20. The molecule has 8 nitrogen and oxygen atoms in total. The van der Waals surface area contributed by atoms with Gasteiger partial charge in [-0.15, -0.1) is 5.10 Å². The van der Waals surface area contributed by atoms with Crippen LogP contribution >= 0.6 is 0 Å².